The summed E-state index contributed by atoms with van der Waals surface area (Å²) in [5.41, 5.74) is 0. The second kappa shape index (κ2) is 8.18. The molecule has 7 nitrogen and oxygen atoms in total. The predicted octanol–water partition coefficient (Wildman–Crippen LogP) is 1.40. The molecule has 3 rings (SSSR count). The molecule has 1 saturated carbocycles. The molecule has 2 fully saturated rings. The number of hydrogen-bond donors (Lipinski definition) is 1. The summed E-state index contributed by atoms with van der Waals surface area (Å²) in [6, 6.07) is 3.41. The maximum absolute atomic E-state index is 12.4. The molecule has 2 aliphatic rings. The molecule has 136 valence electrons. The molecule has 2 heterocycles. The Morgan fingerprint density at radius 1 is 0.960 bits per heavy atom. The van der Waals surface area contributed by atoms with Gasteiger partial charge in [0.25, 0.3) is 5.91 Å². The highest BCUT2D eigenvalue weighted by Crippen LogP contribution is 2.17. The third-order valence-corrected chi connectivity index (χ3v) is 4.97. The standard InChI is InChI=1S/C18H25N3O4/c22-16(19-14-6-3-1-2-4-7-14)18(24)21-11-9-20(10-12-21)17(23)15-8-5-13-25-15/h5,8,13-14H,1-4,6-7,9-12H2,(H,19,22). The van der Waals surface area contributed by atoms with E-state index in [-0.39, 0.29) is 11.9 Å². The number of nitrogens with one attached hydrogen (secondary N) is 1. The Morgan fingerprint density at radius 3 is 2.20 bits per heavy atom. The Balaban J connectivity index is 1.47. The van der Waals surface area contributed by atoms with Gasteiger partial charge in [-0.25, -0.2) is 0 Å². The Morgan fingerprint density at radius 2 is 1.60 bits per heavy atom. The fourth-order valence-corrected chi connectivity index (χ4v) is 3.48. The Bertz CT molecular complexity index is 598. The van der Waals surface area contributed by atoms with Gasteiger partial charge >= 0.3 is 11.8 Å². The van der Waals surface area contributed by atoms with Crippen molar-refractivity contribution in [3.05, 3.63) is 24.2 Å². The molecule has 1 aromatic rings. The van der Waals surface area contributed by atoms with E-state index < -0.39 is 11.8 Å². The molecular weight excluding hydrogens is 322 g/mol. The van der Waals surface area contributed by atoms with Gasteiger partial charge in [-0.1, -0.05) is 25.7 Å². The van der Waals surface area contributed by atoms with Crippen molar-refractivity contribution in [2.75, 3.05) is 26.2 Å². The van der Waals surface area contributed by atoms with Gasteiger partial charge in [0.05, 0.1) is 6.26 Å². The van der Waals surface area contributed by atoms with Crippen LogP contribution in [0.2, 0.25) is 0 Å². The molecule has 0 atom stereocenters. The minimum atomic E-state index is -0.516. The van der Waals surface area contributed by atoms with Crippen molar-refractivity contribution >= 4 is 17.7 Å². The highest BCUT2D eigenvalue weighted by atomic mass is 16.3. The maximum Gasteiger partial charge on any atom is 0.312 e. The number of amides is 3. The summed E-state index contributed by atoms with van der Waals surface area (Å²) in [6.07, 6.45) is 7.97. The molecule has 0 unspecified atom stereocenters. The lowest BCUT2D eigenvalue weighted by Gasteiger charge is -2.34. The molecular formula is C18H25N3O4. The van der Waals surface area contributed by atoms with Crippen LogP contribution in [-0.4, -0.2) is 59.7 Å². The molecule has 1 saturated heterocycles. The van der Waals surface area contributed by atoms with E-state index in [1.54, 1.807) is 17.0 Å². The van der Waals surface area contributed by atoms with Crippen LogP contribution in [0.4, 0.5) is 0 Å². The van der Waals surface area contributed by atoms with Gasteiger partial charge in [0.2, 0.25) is 0 Å². The highest BCUT2D eigenvalue weighted by Gasteiger charge is 2.30. The van der Waals surface area contributed by atoms with Crippen LogP contribution in [0.3, 0.4) is 0 Å². The van der Waals surface area contributed by atoms with Crippen molar-refractivity contribution in [1.82, 2.24) is 15.1 Å². The van der Waals surface area contributed by atoms with Gasteiger partial charge in [-0.2, -0.15) is 0 Å². The average Bonchev–Trinajstić information content (AvgIpc) is 3.06. The zero-order valence-corrected chi connectivity index (χ0v) is 14.4. The summed E-state index contributed by atoms with van der Waals surface area (Å²) in [5, 5.41) is 2.89. The largest absolute Gasteiger partial charge is 0.459 e. The fourth-order valence-electron chi connectivity index (χ4n) is 3.48. The molecule has 0 spiro atoms. The van der Waals surface area contributed by atoms with Crippen LogP contribution in [-0.2, 0) is 9.59 Å². The van der Waals surface area contributed by atoms with Crippen molar-refractivity contribution in [2.45, 2.75) is 44.6 Å². The van der Waals surface area contributed by atoms with Gasteiger partial charge in [0.15, 0.2) is 5.76 Å². The van der Waals surface area contributed by atoms with E-state index >= 15 is 0 Å². The van der Waals surface area contributed by atoms with E-state index in [2.05, 4.69) is 5.32 Å². The van der Waals surface area contributed by atoms with Crippen LogP contribution < -0.4 is 5.32 Å². The van der Waals surface area contributed by atoms with Crippen molar-refractivity contribution in [2.24, 2.45) is 0 Å². The first-order valence-corrected chi connectivity index (χ1v) is 9.07. The lowest BCUT2D eigenvalue weighted by Crippen LogP contribution is -2.54. The summed E-state index contributed by atoms with van der Waals surface area (Å²) in [6.45, 7) is 1.54. The second-order valence-electron chi connectivity index (χ2n) is 6.72. The minimum Gasteiger partial charge on any atom is -0.459 e. The number of carbonyl (C=O) groups excluding carboxylic acids is 3. The quantitative estimate of drug-likeness (QED) is 0.648. The Labute approximate surface area is 147 Å². The third kappa shape index (κ3) is 4.41. The summed E-state index contributed by atoms with van der Waals surface area (Å²) in [4.78, 5) is 40.0. The van der Waals surface area contributed by atoms with Crippen molar-refractivity contribution < 1.29 is 18.8 Å². The van der Waals surface area contributed by atoms with Gasteiger partial charge in [-0.3, -0.25) is 14.4 Å². The molecule has 0 radical (unpaired) electrons. The zero-order valence-electron chi connectivity index (χ0n) is 14.4. The normalized spacial score (nSPS) is 19.4. The first kappa shape index (κ1) is 17.5. The average molecular weight is 347 g/mol. The van der Waals surface area contributed by atoms with Gasteiger partial charge in [-0.05, 0) is 25.0 Å². The van der Waals surface area contributed by atoms with Gasteiger partial charge in [0, 0.05) is 32.2 Å². The SMILES string of the molecule is O=C(NC1CCCCCC1)C(=O)N1CCN(C(=O)c2ccco2)CC1. The number of carbonyl (C=O) groups is 3. The van der Waals surface area contributed by atoms with Crippen LogP contribution in [0.15, 0.2) is 22.8 Å². The molecule has 25 heavy (non-hydrogen) atoms. The topological polar surface area (TPSA) is 82.9 Å². The van der Waals surface area contributed by atoms with E-state index in [1.807, 2.05) is 0 Å². The van der Waals surface area contributed by atoms with Crippen molar-refractivity contribution in [3.63, 3.8) is 0 Å². The lowest BCUT2D eigenvalue weighted by molar-refractivity contribution is -0.147. The van der Waals surface area contributed by atoms with Crippen LogP contribution >= 0.6 is 0 Å². The van der Waals surface area contributed by atoms with Gasteiger partial charge < -0.3 is 19.5 Å². The summed E-state index contributed by atoms with van der Waals surface area (Å²) in [5.74, 6) is -0.891. The Hall–Kier alpha value is -2.31. The van der Waals surface area contributed by atoms with Crippen molar-refractivity contribution in [1.29, 1.82) is 0 Å². The molecule has 3 amide bonds. The number of nitrogens with zero attached hydrogens (tertiary/aromatic N) is 2. The number of furan rings is 1. The lowest BCUT2D eigenvalue weighted by atomic mass is 10.1. The van der Waals surface area contributed by atoms with E-state index in [4.69, 9.17) is 4.42 Å². The number of piperazine rings is 1. The van der Waals surface area contributed by atoms with E-state index in [9.17, 15) is 14.4 Å². The highest BCUT2D eigenvalue weighted by molar-refractivity contribution is 6.35. The first-order valence-electron chi connectivity index (χ1n) is 9.07. The molecule has 1 aliphatic carbocycles. The molecule has 0 bridgehead atoms. The van der Waals surface area contributed by atoms with E-state index in [1.165, 1.54) is 24.0 Å². The molecule has 7 heteroatoms. The minimum absolute atomic E-state index is 0.112. The molecule has 0 aromatic carbocycles. The van der Waals surface area contributed by atoms with Gasteiger partial charge in [-0.15, -0.1) is 0 Å². The second-order valence-corrected chi connectivity index (χ2v) is 6.72. The maximum atomic E-state index is 12.4. The summed E-state index contributed by atoms with van der Waals surface area (Å²) >= 11 is 0. The van der Waals surface area contributed by atoms with E-state index in [0.29, 0.717) is 31.9 Å². The van der Waals surface area contributed by atoms with Gasteiger partial charge in [0.1, 0.15) is 0 Å². The molecule has 1 N–H and O–H groups in total. The van der Waals surface area contributed by atoms with E-state index in [0.717, 1.165) is 25.7 Å². The number of rotatable bonds is 2. The van der Waals surface area contributed by atoms with Crippen LogP contribution in [0.25, 0.3) is 0 Å². The fraction of sp³-hybridized carbons (Fsp3) is 0.611. The van der Waals surface area contributed by atoms with Crippen LogP contribution in [0, 0.1) is 0 Å². The number of hydrogen-bond acceptors (Lipinski definition) is 4. The Kier molecular flexibility index (Phi) is 5.73. The zero-order chi connectivity index (χ0) is 17.6. The van der Waals surface area contributed by atoms with Crippen LogP contribution in [0.5, 0.6) is 0 Å². The summed E-state index contributed by atoms with van der Waals surface area (Å²) in [7, 11) is 0. The molecule has 1 aromatic heterocycles. The third-order valence-electron chi connectivity index (χ3n) is 4.97. The monoisotopic (exact) mass is 347 g/mol. The predicted molar refractivity (Wildman–Crippen MR) is 90.8 cm³/mol. The summed E-state index contributed by atoms with van der Waals surface area (Å²) < 4.78 is 5.12. The van der Waals surface area contributed by atoms with Crippen molar-refractivity contribution in [3.8, 4) is 0 Å². The first-order chi connectivity index (χ1) is 12.1. The molecule has 1 aliphatic heterocycles. The smallest absolute Gasteiger partial charge is 0.312 e. The van der Waals surface area contributed by atoms with Crippen LogP contribution in [0.1, 0.15) is 49.1 Å².